The van der Waals surface area contributed by atoms with Gasteiger partial charge < -0.3 is 4.74 Å². The highest BCUT2D eigenvalue weighted by molar-refractivity contribution is 7.99. The van der Waals surface area contributed by atoms with Gasteiger partial charge in [-0.25, -0.2) is 4.79 Å². The smallest absolute Gasteiger partial charge is 0.360 e. The number of rotatable bonds is 2. The lowest BCUT2D eigenvalue weighted by Gasteiger charge is -2.05. The molecule has 1 atom stereocenters. The highest BCUT2D eigenvalue weighted by Crippen LogP contribution is 2.24. The number of aromatic amines is 1. The number of carbonyl (C=O) groups excluding carboxylic acids is 1. The van der Waals surface area contributed by atoms with Gasteiger partial charge in [-0.1, -0.05) is 0 Å². The van der Waals surface area contributed by atoms with Crippen LogP contribution >= 0.6 is 11.8 Å². The fourth-order valence-electron chi connectivity index (χ4n) is 1.30. The van der Waals surface area contributed by atoms with Gasteiger partial charge in [-0.15, -0.1) is 16.9 Å². The molecule has 0 saturated carbocycles. The third-order valence-electron chi connectivity index (χ3n) is 2.00. The van der Waals surface area contributed by atoms with E-state index in [2.05, 4.69) is 25.5 Å². The average Bonchev–Trinajstić information content (AvgIpc) is 2.85. The standard InChI is InChI=1S/C7H10N4O2S/c1-13-7(12)6-5(9-11-10-6)4-2-14-3-8-4/h4,8H,2-3H2,1H3,(H,9,10,11). The molecule has 7 heteroatoms. The van der Waals surface area contributed by atoms with Crippen LogP contribution in [0.15, 0.2) is 0 Å². The molecule has 2 N–H and O–H groups in total. The van der Waals surface area contributed by atoms with Crippen LogP contribution in [0.5, 0.6) is 0 Å². The Morgan fingerprint density at radius 2 is 2.50 bits per heavy atom. The summed E-state index contributed by atoms with van der Waals surface area (Å²) in [5.41, 5.74) is 0.911. The molecule has 1 aromatic rings. The highest BCUT2D eigenvalue weighted by Gasteiger charge is 2.26. The molecule has 76 valence electrons. The zero-order valence-corrected chi connectivity index (χ0v) is 8.43. The van der Waals surface area contributed by atoms with E-state index in [4.69, 9.17) is 0 Å². The van der Waals surface area contributed by atoms with Crippen LogP contribution in [0.1, 0.15) is 22.2 Å². The molecular weight excluding hydrogens is 204 g/mol. The van der Waals surface area contributed by atoms with Crippen molar-refractivity contribution in [1.82, 2.24) is 20.7 Å². The second-order valence-corrected chi connectivity index (χ2v) is 3.85. The number of hydrogen-bond donors (Lipinski definition) is 2. The van der Waals surface area contributed by atoms with Crippen LogP contribution in [0.25, 0.3) is 0 Å². The summed E-state index contributed by atoms with van der Waals surface area (Å²) in [5.74, 6) is 1.32. The van der Waals surface area contributed by atoms with E-state index in [9.17, 15) is 4.79 Å². The third-order valence-corrected chi connectivity index (χ3v) is 2.94. The van der Waals surface area contributed by atoms with E-state index in [0.29, 0.717) is 5.69 Å². The molecule has 1 aliphatic heterocycles. The molecule has 1 saturated heterocycles. The number of methoxy groups -OCH3 is 1. The number of nitrogens with one attached hydrogen (secondary N) is 2. The summed E-state index contributed by atoms with van der Waals surface area (Å²) >= 11 is 1.76. The molecule has 2 rings (SSSR count). The molecule has 0 spiro atoms. The van der Waals surface area contributed by atoms with Gasteiger partial charge in [0.25, 0.3) is 0 Å². The molecule has 0 aliphatic carbocycles. The highest BCUT2D eigenvalue weighted by atomic mass is 32.2. The van der Waals surface area contributed by atoms with Crippen LogP contribution in [0.2, 0.25) is 0 Å². The fourth-order valence-corrected chi connectivity index (χ4v) is 2.25. The van der Waals surface area contributed by atoms with Crippen molar-refractivity contribution in [3.8, 4) is 0 Å². The van der Waals surface area contributed by atoms with Gasteiger partial charge in [0.1, 0.15) is 5.69 Å². The second-order valence-electron chi connectivity index (χ2n) is 2.82. The minimum absolute atomic E-state index is 0.0906. The maximum Gasteiger partial charge on any atom is 0.360 e. The minimum Gasteiger partial charge on any atom is -0.464 e. The Hall–Kier alpha value is -1.08. The number of thioether (sulfide) groups is 1. The van der Waals surface area contributed by atoms with Gasteiger partial charge in [0.05, 0.1) is 13.2 Å². The predicted octanol–water partition coefficient (Wildman–Crippen LogP) is -0.0737. The van der Waals surface area contributed by atoms with E-state index >= 15 is 0 Å². The van der Waals surface area contributed by atoms with E-state index in [-0.39, 0.29) is 11.7 Å². The van der Waals surface area contributed by atoms with E-state index in [1.807, 2.05) is 0 Å². The molecule has 0 radical (unpaired) electrons. The van der Waals surface area contributed by atoms with Gasteiger partial charge in [-0.2, -0.15) is 10.3 Å². The van der Waals surface area contributed by atoms with Crippen LogP contribution in [0.3, 0.4) is 0 Å². The van der Waals surface area contributed by atoms with Gasteiger partial charge >= 0.3 is 5.97 Å². The lowest BCUT2D eigenvalue weighted by Crippen LogP contribution is -2.18. The Labute approximate surface area is 84.8 Å². The van der Waals surface area contributed by atoms with Crippen molar-refractivity contribution < 1.29 is 9.53 Å². The van der Waals surface area contributed by atoms with Crippen LogP contribution < -0.4 is 5.32 Å². The Balaban J connectivity index is 2.24. The average molecular weight is 214 g/mol. The first-order chi connectivity index (χ1) is 6.83. The van der Waals surface area contributed by atoms with Gasteiger partial charge in [0.15, 0.2) is 5.69 Å². The van der Waals surface area contributed by atoms with Crippen molar-refractivity contribution in [1.29, 1.82) is 0 Å². The zero-order valence-electron chi connectivity index (χ0n) is 7.61. The number of nitrogens with zero attached hydrogens (tertiary/aromatic N) is 2. The zero-order chi connectivity index (χ0) is 9.97. The molecule has 6 nitrogen and oxygen atoms in total. The van der Waals surface area contributed by atoms with Crippen LogP contribution in [-0.2, 0) is 4.74 Å². The van der Waals surface area contributed by atoms with E-state index in [0.717, 1.165) is 11.6 Å². The fraction of sp³-hybridized carbons (Fsp3) is 0.571. The molecular formula is C7H10N4O2S. The topological polar surface area (TPSA) is 79.9 Å². The summed E-state index contributed by atoms with van der Waals surface area (Å²) in [5, 5.41) is 13.4. The summed E-state index contributed by atoms with van der Waals surface area (Å²) in [6, 6.07) is 0.0906. The number of esters is 1. The van der Waals surface area contributed by atoms with Crippen molar-refractivity contribution in [2.45, 2.75) is 6.04 Å². The molecule has 0 amide bonds. The largest absolute Gasteiger partial charge is 0.464 e. The molecule has 14 heavy (non-hydrogen) atoms. The van der Waals surface area contributed by atoms with Gasteiger partial charge in [-0.05, 0) is 0 Å². The summed E-state index contributed by atoms with van der Waals surface area (Å²) in [6.07, 6.45) is 0. The molecule has 0 aromatic carbocycles. The number of H-pyrrole nitrogens is 1. The molecule has 0 bridgehead atoms. The maximum atomic E-state index is 11.3. The van der Waals surface area contributed by atoms with Crippen molar-refractivity contribution in [3.63, 3.8) is 0 Å². The Bertz CT molecular complexity index is 334. The molecule has 1 unspecified atom stereocenters. The van der Waals surface area contributed by atoms with Crippen LogP contribution in [-0.4, -0.2) is 40.1 Å². The maximum absolute atomic E-state index is 11.3. The second kappa shape index (κ2) is 3.97. The minimum atomic E-state index is -0.451. The Kier molecular flexibility index (Phi) is 2.69. The van der Waals surface area contributed by atoms with E-state index in [1.54, 1.807) is 11.8 Å². The third kappa shape index (κ3) is 1.60. The van der Waals surface area contributed by atoms with E-state index < -0.39 is 5.97 Å². The Morgan fingerprint density at radius 1 is 1.64 bits per heavy atom. The van der Waals surface area contributed by atoms with Crippen molar-refractivity contribution in [3.05, 3.63) is 11.4 Å². The lowest BCUT2D eigenvalue weighted by atomic mass is 10.2. The van der Waals surface area contributed by atoms with E-state index in [1.165, 1.54) is 7.11 Å². The summed E-state index contributed by atoms with van der Waals surface area (Å²) in [4.78, 5) is 11.3. The SMILES string of the molecule is COC(=O)c1n[nH]nc1C1CSCN1. The summed E-state index contributed by atoms with van der Waals surface area (Å²) in [6.45, 7) is 0. The summed E-state index contributed by atoms with van der Waals surface area (Å²) < 4.78 is 4.60. The number of carbonyl (C=O) groups is 1. The number of aromatic nitrogens is 3. The number of hydrogen-bond acceptors (Lipinski definition) is 6. The lowest BCUT2D eigenvalue weighted by molar-refractivity contribution is 0.0592. The quantitative estimate of drug-likeness (QED) is 0.671. The van der Waals surface area contributed by atoms with Gasteiger partial charge in [0, 0.05) is 11.6 Å². The van der Waals surface area contributed by atoms with Crippen LogP contribution in [0.4, 0.5) is 0 Å². The molecule has 1 fully saturated rings. The van der Waals surface area contributed by atoms with Gasteiger partial charge in [0.2, 0.25) is 0 Å². The Morgan fingerprint density at radius 3 is 3.14 bits per heavy atom. The first kappa shape index (κ1) is 9.47. The normalized spacial score (nSPS) is 21.1. The van der Waals surface area contributed by atoms with Crippen LogP contribution in [0, 0.1) is 0 Å². The van der Waals surface area contributed by atoms with Gasteiger partial charge in [-0.3, -0.25) is 5.32 Å². The first-order valence-electron chi connectivity index (χ1n) is 4.13. The number of ether oxygens (including phenoxy) is 1. The molecule has 1 aliphatic rings. The summed E-state index contributed by atoms with van der Waals surface area (Å²) in [7, 11) is 1.33. The van der Waals surface area contributed by atoms with Crippen molar-refractivity contribution in [2.75, 3.05) is 18.7 Å². The molecule has 1 aromatic heterocycles. The first-order valence-corrected chi connectivity index (χ1v) is 5.28. The predicted molar refractivity (Wildman–Crippen MR) is 50.9 cm³/mol. The molecule has 2 heterocycles. The van der Waals surface area contributed by atoms with Crippen molar-refractivity contribution in [2.24, 2.45) is 0 Å². The van der Waals surface area contributed by atoms with Crippen molar-refractivity contribution >= 4 is 17.7 Å². The monoisotopic (exact) mass is 214 g/mol.